The molecule has 0 fully saturated rings. The lowest BCUT2D eigenvalue weighted by Gasteiger charge is -2.08. The number of hydrogen-bond acceptors (Lipinski definition) is 1. The summed E-state index contributed by atoms with van der Waals surface area (Å²) in [5.74, 6) is -1.20. The summed E-state index contributed by atoms with van der Waals surface area (Å²) in [4.78, 5) is 11.1. The van der Waals surface area contributed by atoms with Gasteiger partial charge in [-0.3, -0.25) is 4.79 Å². The number of amides is 1. The Kier molecular flexibility index (Phi) is 2.19. The van der Waals surface area contributed by atoms with Crippen LogP contribution in [0.15, 0.2) is 6.07 Å². The lowest BCUT2D eigenvalue weighted by atomic mass is 10.0. The van der Waals surface area contributed by atoms with Crippen LogP contribution in [-0.2, 0) is 12.8 Å². The second-order valence-electron chi connectivity index (χ2n) is 3.40. The molecule has 1 amide bonds. The molecule has 4 heteroatoms. The van der Waals surface area contributed by atoms with Crippen LogP contribution in [0.5, 0.6) is 0 Å². The minimum atomic E-state index is -0.646. The van der Waals surface area contributed by atoms with E-state index in [9.17, 15) is 9.18 Å². The van der Waals surface area contributed by atoms with Crippen LogP contribution in [0.4, 0.5) is 4.39 Å². The number of benzene rings is 1. The van der Waals surface area contributed by atoms with Crippen molar-refractivity contribution in [3.8, 4) is 0 Å². The van der Waals surface area contributed by atoms with Crippen molar-refractivity contribution in [2.75, 3.05) is 0 Å². The molecule has 0 bridgehead atoms. The number of primary amides is 1. The molecule has 1 aromatic carbocycles. The lowest BCUT2D eigenvalue weighted by Crippen LogP contribution is -2.15. The highest BCUT2D eigenvalue weighted by Crippen LogP contribution is 2.32. The fraction of sp³-hybridized carbons (Fsp3) is 0.300. The fourth-order valence-electron chi connectivity index (χ4n) is 1.94. The number of carbonyl (C=O) groups excluding carboxylic acids is 1. The summed E-state index contributed by atoms with van der Waals surface area (Å²) < 4.78 is 13.3. The Balaban J connectivity index is 2.72. The number of nitrogens with two attached hydrogens (primary N) is 1. The minimum absolute atomic E-state index is 0.141. The number of carbonyl (C=O) groups is 1. The summed E-state index contributed by atoms with van der Waals surface area (Å²) in [6.07, 6.45) is 2.48. The first-order valence-electron chi connectivity index (χ1n) is 4.41. The molecule has 74 valence electrons. The van der Waals surface area contributed by atoms with E-state index in [1.165, 1.54) is 6.07 Å². The van der Waals surface area contributed by atoms with E-state index in [1.807, 2.05) is 0 Å². The molecule has 0 radical (unpaired) electrons. The van der Waals surface area contributed by atoms with Crippen molar-refractivity contribution in [2.24, 2.45) is 5.73 Å². The summed E-state index contributed by atoms with van der Waals surface area (Å²) in [6.45, 7) is 0. The van der Waals surface area contributed by atoms with Crippen molar-refractivity contribution < 1.29 is 9.18 Å². The Labute approximate surface area is 85.9 Å². The molecule has 0 atom stereocenters. The number of aryl methyl sites for hydroxylation is 1. The molecule has 0 heterocycles. The Bertz CT molecular complexity index is 417. The van der Waals surface area contributed by atoms with Gasteiger partial charge in [0, 0.05) is 0 Å². The third-order valence-corrected chi connectivity index (χ3v) is 2.91. The largest absolute Gasteiger partial charge is 0.366 e. The van der Waals surface area contributed by atoms with Gasteiger partial charge in [0.15, 0.2) is 0 Å². The molecule has 14 heavy (non-hydrogen) atoms. The van der Waals surface area contributed by atoms with Crippen LogP contribution >= 0.6 is 11.6 Å². The molecule has 2 rings (SSSR count). The molecule has 0 unspecified atom stereocenters. The van der Waals surface area contributed by atoms with E-state index in [4.69, 9.17) is 17.3 Å². The average Bonchev–Trinajstić information content (AvgIpc) is 2.52. The van der Waals surface area contributed by atoms with Crippen LogP contribution in [0.25, 0.3) is 0 Å². The van der Waals surface area contributed by atoms with Crippen LogP contribution in [0.2, 0.25) is 5.02 Å². The van der Waals surface area contributed by atoms with Crippen LogP contribution < -0.4 is 5.73 Å². The maximum atomic E-state index is 13.3. The predicted octanol–water partition coefficient (Wildman–Crippen LogP) is 2.07. The van der Waals surface area contributed by atoms with Crippen molar-refractivity contribution >= 4 is 17.5 Å². The summed E-state index contributed by atoms with van der Waals surface area (Å²) >= 11 is 5.70. The van der Waals surface area contributed by atoms with Crippen molar-refractivity contribution in [2.45, 2.75) is 19.3 Å². The van der Waals surface area contributed by atoms with Crippen molar-refractivity contribution in [1.82, 2.24) is 0 Å². The second-order valence-corrected chi connectivity index (χ2v) is 3.78. The van der Waals surface area contributed by atoms with E-state index in [-0.39, 0.29) is 10.6 Å². The van der Waals surface area contributed by atoms with Gasteiger partial charge >= 0.3 is 0 Å². The van der Waals surface area contributed by atoms with E-state index in [1.54, 1.807) is 0 Å². The first-order valence-corrected chi connectivity index (χ1v) is 4.78. The minimum Gasteiger partial charge on any atom is -0.366 e. The molecular weight excluding hydrogens is 205 g/mol. The van der Waals surface area contributed by atoms with Gasteiger partial charge in [0.2, 0.25) is 0 Å². The zero-order valence-electron chi connectivity index (χ0n) is 7.44. The molecule has 0 saturated heterocycles. The summed E-state index contributed by atoms with van der Waals surface area (Å²) in [6, 6.07) is 1.40. The first kappa shape index (κ1) is 9.46. The smallest absolute Gasteiger partial charge is 0.250 e. The molecule has 0 spiro atoms. The van der Waals surface area contributed by atoms with Crippen LogP contribution in [0, 0.1) is 5.82 Å². The molecule has 0 aromatic heterocycles. The highest BCUT2D eigenvalue weighted by atomic mass is 35.5. The number of halogens is 2. The molecule has 2 nitrogen and oxygen atoms in total. The first-order chi connectivity index (χ1) is 6.61. The molecule has 1 aromatic rings. The third-order valence-electron chi connectivity index (χ3n) is 2.54. The second kappa shape index (κ2) is 3.24. The molecular formula is C10H9ClFNO. The van der Waals surface area contributed by atoms with Crippen molar-refractivity contribution in [1.29, 1.82) is 0 Å². The van der Waals surface area contributed by atoms with E-state index in [0.29, 0.717) is 0 Å². The van der Waals surface area contributed by atoms with E-state index < -0.39 is 11.7 Å². The Morgan fingerprint density at radius 1 is 1.50 bits per heavy atom. The average molecular weight is 214 g/mol. The quantitative estimate of drug-likeness (QED) is 0.763. The van der Waals surface area contributed by atoms with Gasteiger partial charge in [-0.2, -0.15) is 0 Å². The van der Waals surface area contributed by atoms with Gasteiger partial charge in [-0.05, 0) is 36.5 Å². The van der Waals surface area contributed by atoms with Gasteiger partial charge in [-0.25, -0.2) is 4.39 Å². The van der Waals surface area contributed by atoms with Crippen LogP contribution in [-0.4, -0.2) is 5.91 Å². The van der Waals surface area contributed by atoms with E-state index >= 15 is 0 Å². The van der Waals surface area contributed by atoms with Crippen LogP contribution in [0.1, 0.15) is 27.9 Å². The third kappa shape index (κ3) is 1.28. The number of rotatable bonds is 1. The zero-order chi connectivity index (χ0) is 10.3. The predicted molar refractivity (Wildman–Crippen MR) is 52.0 cm³/mol. The van der Waals surface area contributed by atoms with E-state index in [2.05, 4.69) is 0 Å². The topological polar surface area (TPSA) is 43.1 Å². The van der Waals surface area contributed by atoms with Gasteiger partial charge < -0.3 is 5.73 Å². The molecule has 0 aliphatic heterocycles. The Morgan fingerprint density at radius 3 is 2.86 bits per heavy atom. The summed E-state index contributed by atoms with van der Waals surface area (Å²) in [5.41, 5.74) is 7.02. The SMILES string of the molecule is NC(=O)c1c(Cl)c(F)cc2c1CCC2. The van der Waals surface area contributed by atoms with Gasteiger partial charge in [0.05, 0.1) is 10.6 Å². The molecule has 1 aliphatic carbocycles. The van der Waals surface area contributed by atoms with Gasteiger partial charge in [0.1, 0.15) is 5.82 Å². The lowest BCUT2D eigenvalue weighted by molar-refractivity contribution is 0.0999. The summed E-state index contributed by atoms with van der Waals surface area (Å²) in [5, 5.41) is -0.141. The number of hydrogen-bond donors (Lipinski definition) is 1. The normalized spacial score (nSPS) is 14.1. The van der Waals surface area contributed by atoms with Crippen molar-refractivity contribution in [3.05, 3.63) is 33.6 Å². The van der Waals surface area contributed by atoms with E-state index in [0.717, 1.165) is 30.4 Å². The van der Waals surface area contributed by atoms with Gasteiger partial charge in [-0.15, -0.1) is 0 Å². The Hall–Kier alpha value is -1.09. The Morgan fingerprint density at radius 2 is 2.21 bits per heavy atom. The summed E-state index contributed by atoms with van der Waals surface area (Å²) in [7, 11) is 0. The van der Waals surface area contributed by atoms with Gasteiger partial charge in [-0.1, -0.05) is 11.6 Å². The highest BCUT2D eigenvalue weighted by Gasteiger charge is 2.23. The van der Waals surface area contributed by atoms with Crippen molar-refractivity contribution in [3.63, 3.8) is 0 Å². The molecule has 1 aliphatic rings. The zero-order valence-corrected chi connectivity index (χ0v) is 8.20. The van der Waals surface area contributed by atoms with Crippen LogP contribution in [0.3, 0.4) is 0 Å². The standard InChI is InChI=1S/C10H9ClFNO/c11-9-7(12)4-5-2-1-3-6(5)8(9)10(13)14/h4H,1-3H2,(H2,13,14). The highest BCUT2D eigenvalue weighted by molar-refractivity contribution is 6.34. The maximum Gasteiger partial charge on any atom is 0.250 e. The molecule has 0 saturated carbocycles. The molecule has 2 N–H and O–H groups in total. The van der Waals surface area contributed by atoms with Gasteiger partial charge in [0.25, 0.3) is 5.91 Å². The monoisotopic (exact) mass is 213 g/mol. The fourth-order valence-corrected chi connectivity index (χ4v) is 2.20. The maximum absolute atomic E-state index is 13.3. The number of fused-ring (bicyclic) bond motifs is 1.